The first kappa shape index (κ1) is 14.8. The highest BCUT2D eigenvalue weighted by atomic mass is 16.5. The third kappa shape index (κ3) is 4.51. The van der Waals surface area contributed by atoms with Crippen molar-refractivity contribution in [2.45, 2.75) is 6.92 Å². The van der Waals surface area contributed by atoms with Gasteiger partial charge < -0.3 is 14.6 Å². The summed E-state index contributed by atoms with van der Waals surface area (Å²) in [5.41, 5.74) is 0.277. The maximum Gasteiger partial charge on any atom is 0.335 e. The van der Waals surface area contributed by atoms with Crippen molar-refractivity contribution in [1.82, 2.24) is 4.90 Å². The monoisotopic (exact) mass is 279 g/mol. The van der Waals surface area contributed by atoms with Gasteiger partial charge in [-0.3, -0.25) is 4.90 Å². The van der Waals surface area contributed by atoms with Crippen molar-refractivity contribution in [3.63, 3.8) is 0 Å². The summed E-state index contributed by atoms with van der Waals surface area (Å²) in [5.74, 6) is 0.216. The predicted octanol–water partition coefficient (Wildman–Crippen LogP) is 1.73. The summed E-state index contributed by atoms with van der Waals surface area (Å²) < 4.78 is 11.0. The highest BCUT2D eigenvalue weighted by Crippen LogP contribution is 2.14. The SMILES string of the molecule is CC(COc1ccc(C(=O)O)cc1)CN1CCOCC1. The number of ether oxygens (including phenoxy) is 2. The van der Waals surface area contributed by atoms with Gasteiger partial charge in [0.05, 0.1) is 25.4 Å². The molecule has 0 spiro atoms. The molecule has 1 saturated heterocycles. The van der Waals surface area contributed by atoms with Crippen LogP contribution < -0.4 is 4.74 Å². The number of hydrogen-bond donors (Lipinski definition) is 1. The number of benzene rings is 1. The Kier molecular flexibility index (Phi) is 5.38. The number of aromatic carboxylic acids is 1. The number of hydrogen-bond acceptors (Lipinski definition) is 4. The van der Waals surface area contributed by atoms with Crippen LogP contribution in [0.25, 0.3) is 0 Å². The number of nitrogens with zero attached hydrogens (tertiary/aromatic N) is 1. The topological polar surface area (TPSA) is 59.0 Å². The molecule has 0 saturated carbocycles. The molecule has 2 rings (SSSR count). The Morgan fingerprint density at radius 3 is 2.60 bits per heavy atom. The molecule has 1 atom stereocenters. The maximum absolute atomic E-state index is 10.7. The molecule has 110 valence electrons. The van der Waals surface area contributed by atoms with E-state index in [0.29, 0.717) is 18.3 Å². The lowest BCUT2D eigenvalue weighted by molar-refractivity contribution is 0.0283. The summed E-state index contributed by atoms with van der Waals surface area (Å²) >= 11 is 0. The number of rotatable bonds is 6. The van der Waals surface area contributed by atoms with Crippen LogP contribution in [0.15, 0.2) is 24.3 Å². The first-order valence-corrected chi connectivity index (χ1v) is 6.91. The van der Waals surface area contributed by atoms with Gasteiger partial charge >= 0.3 is 5.97 Å². The fourth-order valence-electron chi connectivity index (χ4n) is 2.21. The van der Waals surface area contributed by atoms with Crippen LogP contribution in [0, 0.1) is 5.92 Å². The number of carbonyl (C=O) groups is 1. The van der Waals surface area contributed by atoms with Gasteiger partial charge in [0.2, 0.25) is 0 Å². The maximum atomic E-state index is 10.7. The second-order valence-electron chi connectivity index (χ2n) is 5.16. The quantitative estimate of drug-likeness (QED) is 0.859. The third-order valence-electron chi connectivity index (χ3n) is 3.31. The Labute approximate surface area is 119 Å². The zero-order chi connectivity index (χ0) is 14.4. The van der Waals surface area contributed by atoms with Crippen LogP contribution >= 0.6 is 0 Å². The Bertz CT molecular complexity index is 426. The van der Waals surface area contributed by atoms with Crippen molar-refractivity contribution in [2.24, 2.45) is 5.92 Å². The van der Waals surface area contributed by atoms with E-state index in [2.05, 4.69) is 11.8 Å². The van der Waals surface area contributed by atoms with Crippen LogP contribution in [-0.4, -0.2) is 55.4 Å². The van der Waals surface area contributed by atoms with Crippen molar-refractivity contribution in [1.29, 1.82) is 0 Å². The molecule has 0 radical (unpaired) electrons. The molecule has 1 fully saturated rings. The summed E-state index contributed by atoms with van der Waals surface area (Å²) in [6.07, 6.45) is 0. The molecular weight excluding hydrogens is 258 g/mol. The van der Waals surface area contributed by atoms with E-state index in [-0.39, 0.29) is 5.56 Å². The first-order valence-electron chi connectivity index (χ1n) is 6.91. The van der Waals surface area contributed by atoms with Crippen molar-refractivity contribution in [3.05, 3.63) is 29.8 Å². The average molecular weight is 279 g/mol. The molecule has 5 nitrogen and oxygen atoms in total. The van der Waals surface area contributed by atoms with Gasteiger partial charge in [-0.1, -0.05) is 6.92 Å². The van der Waals surface area contributed by atoms with Crippen LogP contribution in [0.2, 0.25) is 0 Å². The Balaban J connectivity index is 1.74. The summed E-state index contributed by atoms with van der Waals surface area (Å²) in [4.78, 5) is 13.1. The fraction of sp³-hybridized carbons (Fsp3) is 0.533. The summed E-state index contributed by atoms with van der Waals surface area (Å²) in [7, 11) is 0. The Hall–Kier alpha value is -1.59. The molecule has 0 aliphatic carbocycles. The number of morpholine rings is 1. The zero-order valence-electron chi connectivity index (χ0n) is 11.7. The standard InChI is InChI=1S/C15H21NO4/c1-12(10-16-6-8-19-9-7-16)11-20-14-4-2-13(3-5-14)15(17)18/h2-5,12H,6-11H2,1H3,(H,17,18). The Morgan fingerprint density at radius 2 is 2.00 bits per heavy atom. The summed E-state index contributed by atoms with van der Waals surface area (Å²) in [6.45, 7) is 7.37. The van der Waals surface area contributed by atoms with Crippen molar-refractivity contribution < 1.29 is 19.4 Å². The van der Waals surface area contributed by atoms with Gasteiger partial charge in [-0.15, -0.1) is 0 Å². The van der Waals surface area contributed by atoms with Crippen LogP contribution in [-0.2, 0) is 4.74 Å². The second kappa shape index (κ2) is 7.26. The molecule has 1 N–H and O–H groups in total. The van der Waals surface area contributed by atoms with Gasteiger partial charge in [-0.05, 0) is 24.3 Å². The van der Waals surface area contributed by atoms with Crippen molar-refractivity contribution in [2.75, 3.05) is 39.5 Å². The second-order valence-corrected chi connectivity index (χ2v) is 5.16. The van der Waals surface area contributed by atoms with Crippen LogP contribution in [0.4, 0.5) is 0 Å². The van der Waals surface area contributed by atoms with E-state index in [1.165, 1.54) is 0 Å². The van der Waals surface area contributed by atoms with Gasteiger partial charge in [0.1, 0.15) is 5.75 Å². The zero-order valence-corrected chi connectivity index (χ0v) is 11.7. The molecule has 0 bridgehead atoms. The summed E-state index contributed by atoms with van der Waals surface area (Å²) in [5, 5.41) is 8.82. The Morgan fingerprint density at radius 1 is 1.35 bits per heavy atom. The van der Waals surface area contributed by atoms with Crippen molar-refractivity contribution in [3.8, 4) is 5.75 Å². The highest BCUT2D eigenvalue weighted by molar-refractivity contribution is 5.87. The van der Waals surface area contributed by atoms with E-state index in [4.69, 9.17) is 14.6 Å². The molecular formula is C15H21NO4. The first-order chi connectivity index (χ1) is 9.65. The molecule has 1 aromatic rings. The molecule has 0 aromatic heterocycles. The largest absolute Gasteiger partial charge is 0.493 e. The normalized spacial score (nSPS) is 17.6. The average Bonchev–Trinajstić information content (AvgIpc) is 2.46. The predicted molar refractivity (Wildman–Crippen MR) is 75.3 cm³/mol. The fourth-order valence-corrected chi connectivity index (χ4v) is 2.21. The lowest BCUT2D eigenvalue weighted by Gasteiger charge is -2.29. The van der Waals surface area contributed by atoms with Crippen LogP contribution in [0.5, 0.6) is 5.75 Å². The lowest BCUT2D eigenvalue weighted by Crippen LogP contribution is -2.39. The molecule has 5 heteroatoms. The minimum atomic E-state index is -0.919. The number of carboxylic acids is 1. The molecule has 1 unspecified atom stereocenters. The third-order valence-corrected chi connectivity index (χ3v) is 3.31. The molecule has 1 aliphatic rings. The van der Waals surface area contributed by atoms with Gasteiger partial charge in [0, 0.05) is 25.6 Å². The van der Waals surface area contributed by atoms with Crippen LogP contribution in [0.1, 0.15) is 17.3 Å². The molecule has 1 aliphatic heterocycles. The highest BCUT2D eigenvalue weighted by Gasteiger charge is 2.14. The minimum Gasteiger partial charge on any atom is -0.493 e. The van der Waals surface area contributed by atoms with E-state index in [1.807, 2.05) is 0 Å². The smallest absolute Gasteiger partial charge is 0.335 e. The van der Waals surface area contributed by atoms with Crippen molar-refractivity contribution >= 4 is 5.97 Å². The summed E-state index contributed by atoms with van der Waals surface area (Å²) in [6, 6.07) is 6.52. The van der Waals surface area contributed by atoms with E-state index in [9.17, 15) is 4.79 Å². The van der Waals surface area contributed by atoms with E-state index in [1.54, 1.807) is 24.3 Å². The van der Waals surface area contributed by atoms with E-state index >= 15 is 0 Å². The minimum absolute atomic E-state index is 0.277. The van der Waals surface area contributed by atoms with Gasteiger partial charge in [0.15, 0.2) is 0 Å². The van der Waals surface area contributed by atoms with Gasteiger partial charge in [0.25, 0.3) is 0 Å². The lowest BCUT2D eigenvalue weighted by atomic mass is 10.1. The van der Waals surface area contributed by atoms with Crippen LogP contribution in [0.3, 0.4) is 0 Å². The van der Waals surface area contributed by atoms with E-state index < -0.39 is 5.97 Å². The number of carboxylic acid groups (broad SMARTS) is 1. The molecule has 1 aromatic carbocycles. The van der Waals surface area contributed by atoms with Gasteiger partial charge in [-0.2, -0.15) is 0 Å². The molecule has 20 heavy (non-hydrogen) atoms. The van der Waals surface area contributed by atoms with Gasteiger partial charge in [-0.25, -0.2) is 4.79 Å². The molecule has 1 heterocycles. The molecule has 0 amide bonds. The van der Waals surface area contributed by atoms with E-state index in [0.717, 1.165) is 32.8 Å².